The van der Waals surface area contributed by atoms with E-state index >= 15 is 0 Å². The molecule has 0 atom stereocenters. The standard InChI is InChI=1S/C22H28ClN3O5S/c1-30-20-14-19(21(31-2)13-18(20)23)26(32(3,28)29)15-22(27)24-16-7-9-17(10-8-16)25-11-5-4-6-12-25/h7-10,13-14H,4-6,11-12,15H2,1-3H3,(H,24,27). The largest absolute Gasteiger partial charge is 0.495 e. The molecule has 0 unspecified atom stereocenters. The van der Waals surface area contributed by atoms with Crippen LogP contribution in [0.15, 0.2) is 36.4 Å². The third kappa shape index (κ3) is 5.77. The van der Waals surface area contributed by atoms with Crippen LogP contribution >= 0.6 is 11.6 Å². The highest BCUT2D eigenvalue weighted by molar-refractivity contribution is 7.92. The molecule has 1 aliphatic rings. The first kappa shape index (κ1) is 24.0. The molecule has 0 aliphatic carbocycles. The Kier molecular flexibility index (Phi) is 7.73. The normalized spacial score (nSPS) is 14.1. The summed E-state index contributed by atoms with van der Waals surface area (Å²) in [7, 11) is -0.996. The van der Waals surface area contributed by atoms with Gasteiger partial charge in [-0.25, -0.2) is 8.42 Å². The van der Waals surface area contributed by atoms with Gasteiger partial charge in [0.2, 0.25) is 15.9 Å². The smallest absolute Gasteiger partial charge is 0.245 e. The first-order valence-electron chi connectivity index (χ1n) is 10.3. The molecule has 0 aromatic heterocycles. The van der Waals surface area contributed by atoms with Crippen molar-refractivity contribution in [3.05, 3.63) is 41.4 Å². The molecule has 1 saturated heterocycles. The maximum atomic E-state index is 12.7. The van der Waals surface area contributed by atoms with Crippen molar-refractivity contribution in [2.45, 2.75) is 19.3 Å². The number of halogens is 1. The fraction of sp³-hybridized carbons (Fsp3) is 0.409. The molecule has 10 heteroatoms. The molecule has 1 heterocycles. The highest BCUT2D eigenvalue weighted by atomic mass is 35.5. The van der Waals surface area contributed by atoms with Crippen molar-refractivity contribution >= 4 is 44.6 Å². The van der Waals surface area contributed by atoms with Crippen LogP contribution in [0.2, 0.25) is 5.02 Å². The number of benzene rings is 2. The zero-order valence-electron chi connectivity index (χ0n) is 18.4. The van der Waals surface area contributed by atoms with E-state index in [2.05, 4.69) is 10.2 Å². The Morgan fingerprint density at radius 1 is 1.06 bits per heavy atom. The Morgan fingerprint density at radius 2 is 1.69 bits per heavy atom. The minimum Gasteiger partial charge on any atom is -0.495 e. The summed E-state index contributed by atoms with van der Waals surface area (Å²) >= 11 is 6.13. The Bertz CT molecular complexity index is 1050. The zero-order valence-corrected chi connectivity index (χ0v) is 20.0. The van der Waals surface area contributed by atoms with Crippen molar-refractivity contribution < 1.29 is 22.7 Å². The van der Waals surface area contributed by atoms with Gasteiger partial charge >= 0.3 is 0 Å². The number of nitrogens with one attached hydrogen (secondary N) is 1. The van der Waals surface area contributed by atoms with Gasteiger partial charge in [-0.15, -0.1) is 0 Å². The lowest BCUT2D eigenvalue weighted by Crippen LogP contribution is -2.37. The maximum Gasteiger partial charge on any atom is 0.245 e. The number of methoxy groups -OCH3 is 2. The molecule has 2 aromatic rings. The first-order chi connectivity index (χ1) is 15.2. The number of carbonyl (C=O) groups excluding carboxylic acids is 1. The van der Waals surface area contributed by atoms with Crippen LogP contribution in [0.4, 0.5) is 17.1 Å². The molecule has 0 saturated carbocycles. The second-order valence-corrected chi connectivity index (χ2v) is 9.89. The molecule has 1 N–H and O–H groups in total. The van der Waals surface area contributed by atoms with Crippen LogP contribution in [0.5, 0.6) is 11.5 Å². The van der Waals surface area contributed by atoms with Crippen molar-refractivity contribution in [1.29, 1.82) is 0 Å². The number of hydrogen-bond acceptors (Lipinski definition) is 6. The lowest BCUT2D eigenvalue weighted by molar-refractivity contribution is -0.114. The molecule has 3 rings (SSSR count). The van der Waals surface area contributed by atoms with Crippen LogP contribution in [0, 0.1) is 0 Å². The summed E-state index contributed by atoms with van der Waals surface area (Å²) in [6, 6.07) is 10.4. The molecular weight excluding hydrogens is 454 g/mol. The van der Waals surface area contributed by atoms with E-state index in [9.17, 15) is 13.2 Å². The Morgan fingerprint density at radius 3 is 2.25 bits per heavy atom. The van der Waals surface area contributed by atoms with Crippen LogP contribution in [0.3, 0.4) is 0 Å². The lowest BCUT2D eigenvalue weighted by atomic mass is 10.1. The van der Waals surface area contributed by atoms with Crippen LogP contribution in [-0.2, 0) is 14.8 Å². The number of ether oxygens (including phenoxy) is 2. The van der Waals surface area contributed by atoms with Crippen molar-refractivity contribution in [3.63, 3.8) is 0 Å². The first-order valence-corrected chi connectivity index (χ1v) is 12.5. The van der Waals surface area contributed by atoms with Crippen molar-refractivity contribution in [1.82, 2.24) is 0 Å². The summed E-state index contributed by atoms with van der Waals surface area (Å²) < 4.78 is 36.5. The number of amides is 1. The van der Waals surface area contributed by atoms with E-state index in [1.165, 1.54) is 45.6 Å². The highest BCUT2D eigenvalue weighted by Gasteiger charge is 2.26. The van der Waals surface area contributed by atoms with E-state index < -0.39 is 22.5 Å². The zero-order chi connectivity index (χ0) is 23.3. The Hall–Kier alpha value is -2.65. The average Bonchev–Trinajstić information content (AvgIpc) is 2.78. The van der Waals surface area contributed by atoms with E-state index in [4.69, 9.17) is 21.1 Å². The van der Waals surface area contributed by atoms with Gasteiger partial charge in [0.25, 0.3) is 0 Å². The third-order valence-electron chi connectivity index (χ3n) is 5.28. The van der Waals surface area contributed by atoms with Gasteiger partial charge in [0.1, 0.15) is 18.0 Å². The summed E-state index contributed by atoms with van der Waals surface area (Å²) in [6.07, 6.45) is 4.64. The third-order valence-corrected chi connectivity index (χ3v) is 6.70. The predicted octanol–water partition coefficient (Wildman–Crippen LogP) is 3.75. The fourth-order valence-corrected chi connectivity index (χ4v) is 4.74. The molecule has 174 valence electrons. The van der Waals surface area contributed by atoms with Gasteiger partial charge in [-0.05, 0) is 43.5 Å². The van der Waals surface area contributed by atoms with Gasteiger partial charge < -0.3 is 19.7 Å². The molecule has 0 spiro atoms. The molecule has 1 fully saturated rings. The van der Waals surface area contributed by atoms with E-state index in [1.807, 2.05) is 24.3 Å². The van der Waals surface area contributed by atoms with E-state index in [1.54, 1.807) is 0 Å². The average molecular weight is 482 g/mol. The SMILES string of the molecule is COc1cc(N(CC(=O)Nc2ccc(N3CCCCC3)cc2)S(C)(=O)=O)c(OC)cc1Cl. The molecule has 1 amide bonds. The maximum absolute atomic E-state index is 12.7. The number of carbonyl (C=O) groups is 1. The topological polar surface area (TPSA) is 88.2 Å². The van der Waals surface area contributed by atoms with Crippen LogP contribution < -0.4 is 24.0 Å². The molecule has 8 nitrogen and oxygen atoms in total. The number of nitrogens with zero attached hydrogens (tertiary/aromatic N) is 2. The van der Waals surface area contributed by atoms with E-state index in [0.717, 1.165) is 29.3 Å². The molecular formula is C22H28ClN3O5S. The summed E-state index contributed by atoms with van der Waals surface area (Å²) in [4.78, 5) is 15.0. The van der Waals surface area contributed by atoms with E-state index in [-0.39, 0.29) is 22.2 Å². The molecule has 0 bridgehead atoms. The number of hydrogen-bond donors (Lipinski definition) is 1. The predicted molar refractivity (Wildman–Crippen MR) is 128 cm³/mol. The number of piperidine rings is 1. The van der Waals surface area contributed by atoms with Crippen molar-refractivity contribution in [2.24, 2.45) is 0 Å². The van der Waals surface area contributed by atoms with Crippen molar-refractivity contribution in [2.75, 3.05) is 54.6 Å². The fourth-order valence-electron chi connectivity index (χ4n) is 3.66. The second-order valence-electron chi connectivity index (χ2n) is 7.57. The van der Waals surface area contributed by atoms with Gasteiger partial charge in [0.05, 0.1) is 31.2 Å². The molecule has 2 aromatic carbocycles. The number of anilines is 3. The highest BCUT2D eigenvalue weighted by Crippen LogP contribution is 2.39. The monoisotopic (exact) mass is 481 g/mol. The summed E-state index contributed by atoms with van der Waals surface area (Å²) in [6.45, 7) is 1.62. The van der Waals surface area contributed by atoms with Crippen LogP contribution in [0.25, 0.3) is 0 Å². The second kappa shape index (κ2) is 10.3. The lowest BCUT2D eigenvalue weighted by Gasteiger charge is -2.29. The van der Waals surface area contributed by atoms with Gasteiger partial charge in [0, 0.05) is 36.6 Å². The summed E-state index contributed by atoms with van der Waals surface area (Å²) in [5, 5.41) is 3.02. The van der Waals surface area contributed by atoms with Gasteiger partial charge in [-0.1, -0.05) is 11.6 Å². The quantitative estimate of drug-likeness (QED) is 0.617. The van der Waals surface area contributed by atoms with Gasteiger partial charge in [0.15, 0.2) is 0 Å². The van der Waals surface area contributed by atoms with Crippen LogP contribution in [0.1, 0.15) is 19.3 Å². The minimum absolute atomic E-state index is 0.159. The van der Waals surface area contributed by atoms with Crippen molar-refractivity contribution in [3.8, 4) is 11.5 Å². The summed E-state index contributed by atoms with van der Waals surface area (Å²) in [5.74, 6) is -0.0122. The van der Waals surface area contributed by atoms with Gasteiger partial charge in [-0.2, -0.15) is 0 Å². The molecule has 0 radical (unpaired) electrons. The Labute approximate surface area is 194 Å². The molecule has 32 heavy (non-hydrogen) atoms. The minimum atomic E-state index is -3.81. The molecule has 1 aliphatic heterocycles. The van der Waals surface area contributed by atoms with E-state index in [0.29, 0.717) is 5.69 Å². The van der Waals surface area contributed by atoms with Crippen LogP contribution in [-0.4, -0.2) is 54.4 Å². The van der Waals surface area contributed by atoms with Gasteiger partial charge in [-0.3, -0.25) is 9.10 Å². The summed E-state index contributed by atoms with van der Waals surface area (Å²) in [5.41, 5.74) is 1.86. The number of sulfonamides is 1. The number of rotatable bonds is 8. The Balaban J connectivity index is 1.78.